The molecule has 170 valence electrons. The average Bonchev–Trinajstić information content (AvgIpc) is 3.00. The van der Waals surface area contributed by atoms with Gasteiger partial charge in [0.1, 0.15) is 6.04 Å². The van der Waals surface area contributed by atoms with E-state index in [2.05, 4.69) is 15.6 Å². The van der Waals surface area contributed by atoms with Gasteiger partial charge in [-0.2, -0.15) is 0 Å². The van der Waals surface area contributed by atoms with Crippen LogP contribution < -0.4 is 10.6 Å². The van der Waals surface area contributed by atoms with Gasteiger partial charge in [0.2, 0.25) is 5.91 Å². The SMILES string of the molecule is Cc1nc(NC(=O)CC[C@H](NCC(C)C)C(=O)O)sc1-c1ccc(Cl)c(S(C)(=O)=O)c1. The van der Waals surface area contributed by atoms with Crippen molar-refractivity contribution < 1.29 is 23.1 Å². The zero-order valence-electron chi connectivity index (χ0n) is 17.7. The molecule has 2 rings (SSSR count). The second-order valence-electron chi connectivity index (χ2n) is 7.63. The number of aliphatic carboxylic acids is 1. The van der Waals surface area contributed by atoms with Gasteiger partial charge < -0.3 is 15.7 Å². The van der Waals surface area contributed by atoms with Crippen molar-refractivity contribution in [2.45, 2.75) is 44.6 Å². The Morgan fingerprint density at radius 1 is 1.29 bits per heavy atom. The quantitative estimate of drug-likeness (QED) is 0.467. The Balaban J connectivity index is 2.09. The number of carboxylic acid groups (broad SMARTS) is 1. The minimum atomic E-state index is -3.49. The van der Waals surface area contributed by atoms with Crippen LogP contribution in [-0.4, -0.2) is 49.2 Å². The van der Waals surface area contributed by atoms with Crippen molar-refractivity contribution in [1.82, 2.24) is 10.3 Å². The number of hydrogen-bond donors (Lipinski definition) is 3. The number of carboxylic acids is 1. The molecule has 1 amide bonds. The van der Waals surface area contributed by atoms with Crippen molar-refractivity contribution in [2.24, 2.45) is 5.92 Å². The maximum atomic E-state index is 12.3. The van der Waals surface area contributed by atoms with Gasteiger partial charge in [0.05, 0.1) is 20.5 Å². The lowest BCUT2D eigenvalue weighted by atomic mass is 10.1. The molecule has 0 saturated heterocycles. The molecule has 1 atom stereocenters. The van der Waals surface area contributed by atoms with Gasteiger partial charge in [-0.3, -0.25) is 9.59 Å². The number of thiazole rings is 1. The summed E-state index contributed by atoms with van der Waals surface area (Å²) < 4.78 is 23.9. The lowest BCUT2D eigenvalue weighted by molar-refractivity contribution is -0.139. The number of anilines is 1. The number of hydrogen-bond acceptors (Lipinski definition) is 7. The summed E-state index contributed by atoms with van der Waals surface area (Å²) in [4.78, 5) is 28.7. The van der Waals surface area contributed by atoms with Crippen LogP contribution in [0.1, 0.15) is 32.4 Å². The first-order chi connectivity index (χ1) is 14.4. The second-order valence-corrected chi connectivity index (χ2v) is 11.0. The topological polar surface area (TPSA) is 125 Å². The van der Waals surface area contributed by atoms with E-state index < -0.39 is 21.8 Å². The number of aromatic nitrogens is 1. The van der Waals surface area contributed by atoms with Gasteiger partial charge in [-0.15, -0.1) is 0 Å². The van der Waals surface area contributed by atoms with E-state index in [0.717, 1.165) is 6.26 Å². The first-order valence-electron chi connectivity index (χ1n) is 9.62. The number of nitrogens with one attached hydrogen (secondary N) is 2. The monoisotopic (exact) mass is 487 g/mol. The minimum absolute atomic E-state index is 0.0230. The number of halogens is 1. The molecule has 0 aliphatic rings. The highest BCUT2D eigenvalue weighted by molar-refractivity contribution is 7.90. The number of carbonyl (C=O) groups excluding carboxylic acids is 1. The molecular weight excluding hydrogens is 462 g/mol. The van der Waals surface area contributed by atoms with Gasteiger partial charge in [0.15, 0.2) is 15.0 Å². The zero-order valence-corrected chi connectivity index (χ0v) is 20.1. The number of aryl methyl sites for hydroxylation is 1. The number of rotatable bonds is 10. The molecule has 1 heterocycles. The molecule has 0 aliphatic carbocycles. The molecule has 0 unspecified atom stereocenters. The van der Waals surface area contributed by atoms with Crippen LogP contribution in [0.2, 0.25) is 5.02 Å². The highest BCUT2D eigenvalue weighted by atomic mass is 35.5. The summed E-state index contributed by atoms with van der Waals surface area (Å²) in [6.45, 7) is 6.25. The van der Waals surface area contributed by atoms with Gasteiger partial charge in [-0.25, -0.2) is 13.4 Å². The summed E-state index contributed by atoms with van der Waals surface area (Å²) in [5, 5.41) is 15.4. The lowest BCUT2D eigenvalue weighted by Gasteiger charge is -2.15. The summed E-state index contributed by atoms with van der Waals surface area (Å²) in [6.07, 6.45) is 1.26. The Bertz CT molecular complexity index is 1070. The third kappa shape index (κ3) is 7.27. The van der Waals surface area contributed by atoms with E-state index in [4.69, 9.17) is 11.6 Å². The maximum absolute atomic E-state index is 12.3. The molecule has 1 aromatic heterocycles. The molecule has 11 heteroatoms. The first-order valence-corrected chi connectivity index (χ1v) is 12.7. The number of carbonyl (C=O) groups is 2. The highest BCUT2D eigenvalue weighted by Crippen LogP contribution is 2.35. The van der Waals surface area contributed by atoms with Crippen molar-refractivity contribution in [3.05, 3.63) is 28.9 Å². The van der Waals surface area contributed by atoms with Crippen molar-refractivity contribution in [2.75, 3.05) is 18.1 Å². The summed E-state index contributed by atoms with van der Waals surface area (Å²) in [7, 11) is -3.49. The van der Waals surface area contributed by atoms with Crippen LogP contribution in [0.15, 0.2) is 23.1 Å². The molecule has 1 aromatic carbocycles. The summed E-state index contributed by atoms with van der Waals surface area (Å²) >= 11 is 7.22. The summed E-state index contributed by atoms with van der Waals surface area (Å²) in [5.41, 5.74) is 1.26. The van der Waals surface area contributed by atoms with Crippen LogP contribution in [0, 0.1) is 12.8 Å². The van der Waals surface area contributed by atoms with Gasteiger partial charge in [-0.1, -0.05) is 42.9 Å². The molecule has 0 radical (unpaired) electrons. The molecule has 0 saturated carbocycles. The van der Waals surface area contributed by atoms with E-state index in [0.29, 0.717) is 33.7 Å². The summed E-state index contributed by atoms with van der Waals surface area (Å²) in [6, 6.07) is 3.90. The van der Waals surface area contributed by atoms with E-state index in [1.807, 2.05) is 13.8 Å². The highest BCUT2D eigenvalue weighted by Gasteiger charge is 2.20. The Morgan fingerprint density at radius 3 is 2.55 bits per heavy atom. The zero-order chi connectivity index (χ0) is 23.3. The third-order valence-corrected chi connectivity index (χ3v) is 7.07. The van der Waals surface area contributed by atoms with E-state index in [-0.39, 0.29) is 28.7 Å². The van der Waals surface area contributed by atoms with Crippen molar-refractivity contribution in [1.29, 1.82) is 0 Å². The Morgan fingerprint density at radius 2 is 1.97 bits per heavy atom. The molecule has 2 aromatic rings. The van der Waals surface area contributed by atoms with E-state index in [1.165, 1.54) is 23.5 Å². The smallest absolute Gasteiger partial charge is 0.320 e. The van der Waals surface area contributed by atoms with Crippen LogP contribution in [0.4, 0.5) is 5.13 Å². The number of benzene rings is 1. The number of nitrogens with zero attached hydrogens (tertiary/aromatic N) is 1. The van der Waals surface area contributed by atoms with Crippen LogP contribution in [0.25, 0.3) is 10.4 Å². The Hall–Kier alpha value is -2.01. The average molecular weight is 488 g/mol. The fraction of sp³-hybridized carbons (Fsp3) is 0.450. The third-order valence-electron chi connectivity index (χ3n) is 4.37. The standard InChI is InChI=1S/C20H26ClN3O5S2/c1-11(2)10-22-15(19(26)27)7-8-17(25)24-20-23-12(3)18(30-20)13-5-6-14(21)16(9-13)31(4,28)29/h5-6,9,11,15,22H,7-8,10H2,1-4H3,(H,26,27)(H,23,24,25)/t15-/m0/s1. The molecular formula is C20H26ClN3O5S2. The van der Waals surface area contributed by atoms with E-state index in [1.54, 1.807) is 13.0 Å². The fourth-order valence-electron chi connectivity index (χ4n) is 2.79. The molecule has 0 bridgehead atoms. The molecule has 0 fully saturated rings. The van der Waals surface area contributed by atoms with E-state index >= 15 is 0 Å². The fourth-order valence-corrected chi connectivity index (χ4v) is 5.07. The molecule has 0 spiro atoms. The van der Waals surface area contributed by atoms with Crippen LogP contribution in [-0.2, 0) is 19.4 Å². The van der Waals surface area contributed by atoms with Crippen LogP contribution in [0.3, 0.4) is 0 Å². The number of amides is 1. The number of sulfone groups is 1. The largest absolute Gasteiger partial charge is 0.480 e. The Kier molecular flexibility index (Phi) is 8.58. The minimum Gasteiger partial charge on any atom is -0.480 e. The van der Waals surface area contributed by atoms with Gasteiger partial charge in [0, 0.05) is 12.7 Å². The second kappa shape index (κ2) is 10.5. The van der Waals surface area contributed by atoms with Crippen molar-refractivity contribution in [3.8, 4) is 10.4 Å². The molecule has 31 heavy (non-hydrogen) atoms. The summed E-state index contributed by atoms with van der Waals surface area (Å²) in [5.74, 6) is -1.04. The lowest BCUT2D eigenvalue weighted by Crippen LogP contribution is -2.39. The molecule has 3 N–H and O–H groups in total. The van der Waals surface area contributed by atoms with Crippen molar-refractivity contribution in [3.63, 3.8) is 0 Å². The molecule has 8 nitrogen and oxygen atoms in total. The first kappa shape index (κ1) is 25.3. The molecule has 0 aliphatic heterocycles. The van der Waals surface area contributed by atoms with Gasteiger partial charge >= 0.3 is 5.97 Å². The maximum Gasteiger partial charge on any atom is 0.320 e. The predicted molar refractivity (Wildman–Crippen MR) is 123 cm³/mol. The van der Waals surface area contributed by atoms with Gasteiger partial charge in [0.25, 0.3) is 0 Å². The normalized spacial score (nSPS) is 12.7. The predicted octanol–water partition coefficient (Wildman–Crippen LogP) is 3.59. The van der Waals surface area contributed by atoms with Crippen molar-refractivity contribution >= 4 is 49.8 Å². The van der Waals surface area contributed by atoms with E-state index in [9.17, 15) is 23.1 Å². The van der Waals surface area contributed by atoms with Gasteiger partial charge in [-0.05, 0) is 43.5 Å². The van der Waals surface area contributed by atoms with Crippen LogP contribution >= 0.6 is 22.9 Å². The Labute approximate surface area is 191 Å². The van der Waals surface area contributed by atoms with Crippen LogP contribution in [0.5, 0.6) is 0 Å².